The number of fused-ring (bicyclic) bond motifs is 1. The molecule has 1 amide bonds. The van der Waals surface area contributed by atoms with Crippen molar-refractivity contribution in [3.05, 3.63) is 23.8 Å². The fraction of sp³-hybridized carbons (Fsp3) is 0.429. The van der Waals surface area contributed by atoms with Crippen molar-refractivity contribution in [2.75, 3.05) is 25.2 Å². The molecule has 5 heteroatoms. The van der Waals surface area contributed by atoms with Gasteiger partial charge in [0.15, 0.2) is 6.61 Å². The van der Waals surface area contributed by atoms with Crippen LogP contribution in [-0.2, 0) is 9.63 Å². The summed E-state index contributed by atoms with van der Waals surface area (Å²) in [5, 5.41) is 4.05. The highest BCUT2D eigenvalue weighted by Gasteiger charge is 2.22. The van der Waals surface area contributed by atoms with Gasteiger partial charge in [-0.2, -0.15) is 0 Å². The first-order valence-electron chi connectivity index (χ1n) is 6.33. The lowest BCUT2D eigenvalue weighted by Crippen LogP contribution is -2.35. The van der Waals surface area contributed by atoms with Gasteiger partial charge in [0, 0.05) is 12.6 Å². The van der Waals surface area contributed by atoms with Crippen LogP contribution >= 0.6 is 0 Å². The van der Waals surface area contributed by atoms with E-state index in [1.54, 1.807) is 11.9 Å². The summed E-state index contributed by atoms with van der Waals surface area (Å²) in [6.07, 6.45) is 0.923. The monoisotopic (exact) mass is 262 g/mol. The normalized spacial score (nSPS) is 15.0. The first-order valence-corrected chi connectivity index (χ1v) is 6.33. The molecule has 0 N–H and O–H groups in total. The number of rotatable bonds is 4. The quantitative estimate of drug-likeness (QED) is 0.475. The molecular formula is C14H18N2O3. The SMILES string of the molecule is CCCO/N=C(/C)c1ccc2c(c1)N(C)C(=O)CO2. The number of anilines is 1. The van der Waals surface area contributed by atoms with Crippen molar-refractivity contribution >= 4 is 17.3 Å². The van der Waals surface area contributed by atoms with Gasteiger partial charge in [0.05, 0.1) is 11.4 Å². The number of carbonyl (C=O) groups excluding carboxylic acids is 1. The minimum atomic E-state index is -0.0542. The second-order valence-electron chi connectivity index (χ2n) is 4.43. The van der Waals surface area contributed by atoms with Crippen LogP contribution in [0.3, 0.4) is 0 Å². The third kappa shape index (κ3) is 2.86. The standard InChI is InChI=1S/C14H18N2O3/c1-4-7-19-15-10(2)11-5-6-13-12(8-11)16(3)14(17)9-18-13/h5-6,8H,4,7,9H2,1-3H3/b15-10-. The van der Waals surface area contributed by atoms with Gasteiger partial charge in [0.1, 0.15) is 12.4 Å². The topological polar surface area (TPSA) is 51.1 Å². The van der Waals surface area contributed by atoms with Gasteiger partial charge in [-0.1, -0.05) is 12.1 Å². The average Bonchev–Trinajstić information content (AvgIpc) is 2.43. The van der Waals surface area contributed by atoms with Crippen LogP contribution in [0.15, 0.2) is 23.4 Å². The van der Waals surface area contributed by atoms with E-state index in [-0.39, 0.29) is 12.5 Å². The molecule has 0 saturated carbocycles. The third-order valence-electron chi connectivity index (χ3n) is 2.96. The van der Waals surface area contributed by atoms with E-state index in [2.05, 4.69) is 5.16 Å². The van der Waals surface area contributed by atoms with Crippen molar-refractivity contribution < 1.29 is 14.4 Å². The molecule has 0 unspecified atom stereocenters. The molecule has 0 saturated heterocycles. The van der Waals surface area contributed by atoms with Gasteiger partial charge < -0.3 is 14.5 Å². The average molecular weight is 262 g/mol. The molecule has 0 bridgehead atoms. The minimum absolute atomic E-state index is 0.0542. The lowest BCUT2D eigenvalue weighted by atomic mass is 10.1. The Bertz CT molecular complexity index is 511. The molecular weight excluding hydrogens is 244 g/mol. The smallest absolute Gasteiger partial charge is 0.264 e. The molecule has 1 aromatic rings. The molecule has 5 nitrogen and oxygen atoms in total. The Morgan fingerprint density at radius 1 is 1.53 bits per heavy atom. The molecule has 19 heavy (non-hydrogen) atoms. The first-order chi connectivity index (χ1) is 9.13. The number of ether oxygens (including phenoxy) is 1. The molecule has 1 heterocycles. The van der Waals surface area contributed by atoms with Gasteiger partial charge in [-0.05, 0) is 31.5 Å². The van der Waals surface area contributed by atoms with Crippen LogP contribution in [0.1, 0.15) is 25.8 Å². The Balaban J connectivity index is 2.25. The first kappa shape index (κ1) is 13.4. The van der Waals surface area contributed by atoms with Crippen LogP contribution < -0.4 is 9.64 Å². The molecule has 0 spiro atoms. The van der Waals surface area contributed by atoms with E-state index in [4.69, 9.17) is 9.57 Å². The molecule has 1 aromatic carbocycles. The highest BCUT2D eigenvalue weighted by molar-refractivity contribution is 6.02. The number of amides is 1. The summed E-state index contributed by atoms with van der Waals surface area (Å²) < 4.78 is 5.38. The fourth-order valence-corrected chi connectivity index (χ4v) is 1.78. The Morgan fingerprint density at radius 3 is 3.05 bits per heavy atom. The van der Waals surface area contributed by atoms with Gasteiger partial charge in [0.25, 0.3) is 5.91 Å². The molecule has 1 aliphatic heterocycles. The van der Waals surface area contributed by atoms with Crippen LogP contribution in [0.5, 0.6) is 5.75 Å². The van der Waals surface area contributed by atoms with Gasteiger partial charge in [0.2, 0.25) is 0 Å². The highest BCUT2D eigenvalue weighted by atomic mass is 16.6. The maximum absolute atomic E-state index is 11.6. The molecule has 1 aliphatic rings. The molecule has 2 rings (SSSR count). The predicted octanol–water partition coefficient (Wildman–Crippen LogP) is 2.19. The van der Waals surface area contributed by atoms with Crippen LogP contribution in [0.25, 0.3) is 0 Å². The van der Waals surface area contributed by atoms with Crippen molar-refractivity contribution in [3.63, 3.8) is 0 Å². The highest BCUT2D eigenvalue weighted by Crippen LogP contribution is 2.32. The van der Waals surface area contributed by atoms with Gasteiger partial charge in [-0.15, -0.1) is 0 Å². The largest absolute Gasteiger partial charge is 0.482 e. The van der Waals surface area contributed by atoms with Crippen LogP contribution in [0, 0.1) is 0 Å². The number of nitrogens with zero attached hydrogens (tertiary/aromatic N) is 2. The number of benzene rings is 1. The van der Waals surface area contributed by atoms with Gasteiger partial charge in [-0.25, -0.2) is 0 Å². The van der Waals surface area contributed by atoms with E-state index >= 15 is 0 Å². The summed E-state index contributed by atoms with van der Waals surface area (Å²) in [5.74, 6) is 0.662. The van der Waals surface area contributed by atoms with Crippen molar-refractivity contribution in [2.24, 2.45) is 5.16 Å². The van der Waals surface area contributed by atoms with Crippen LogP contribution in [0.2, 0.25) is 0 Å². The Morgan fingerprint density at radius 2 is 2.32 bits per heavy atom. The lowest BCUT2D eigenvalue weighted by molar-refractivity contribution is -0.120. The number of carbonyl (C=O) groups is 1. The summed E-state index contributed by atoms with van der Waals surface area (Å²) in [4.78, 5) is 18.4. The third-order valence-corrected chi connectivity index (χ3v) is 2.96. The predicted molar refractivity (Wildman–Crippen MR) is 73.8 cm³/mol. The van der Waals surface area contributed by atoms with Crippen LogP contribution in [-0.4, -0.2) is 31.9 Å². The maximum Gasteiger partial charge on any atom is 0.264 e. The van der Waals surface area contributed by atoms with Crippen molar-refractivity contribution in [2.45, 2.75) is 20.3 Å². The molecule has 0 radical (unpaired) electrons. The van der Waals surface area contributed by atoms with E-state index < -0.39 is 0 Å². The lowest BCUT2D eigenvalue weighted by Gasteiger charge is -2.26. The second kappa shape index (κ2) is 5.73. The van der Waals surface area contributed by atoms with Crippen LogP contribution in [0.4, 0.5) is 5.69 Å². The summed E-state index contributed by atoms with van der Waals surface area (Å²) in [7, 11) is 1.74. The molecule has 0 aliphatic carbocycles. The summed E-state index contributed by atoms with van der Waals surface area (Å²) in [5.41, 5.74) is 2.46. The number of hydrogen-bond donors (Lipinski definition) is 0. The maximum atomic E-state index is 11.6. The zero-order chi connectivity index (χ0) is 13.8. The minimum Gasteiger partial charge on any atom is -0.482 e. The van der Waals surface area contributed by atoms with Gasteiger partial charge >= 0.3 is 0 Å². The molecule has 102 valence electrons. The van der Waals surface area contributed by atoms with E-state index in [9.17, 15) is 4.79 Å². The summed E-state index contributed by atoms with van der Waals surface area (Å²) in [6.45, 7) is 4.60. The number of hydrogen-bond acceptors (Lipinski definition) is 4. The second-order valence-corrected chi connectivity index (χ2v) is 4.43. The summed E-state index contributed by atoms with van der Waals surface area (Å²) >= 11 is 0. The Labute approximate surface area is 112 Å². The van der Waals surface area contributed by atoms with E-state index in [0.29, 0.717) is 12.4 Å². The van der Waals surface area contributed by atoms with Gasteiger partial charge in [-0.3, -0.25) is 4.79 Å². The van der Waals surface area contributed by atoms with E-state index in [1.807, 2.05) is 32.0 Å². The van der Waals surface area contributed by atoms with E-state index in [1.165, 1.54) is 0 Å². The zero-order valence-corrected chi connectivity index (χ0v) is 11.5. The number of oxime groups is 1. The number of likely N-dealkylation sites (N-methyl/N-ethyl adjacent to an activating group) is 1. The molecule has 0 atom stereocenters. The van der Waals surface area contributed by atoms with Crippen molar-refractivity contribution in [1.29, 1.82) is 0 Å². The fourth-order valence-electron chi connectivity index (χ4n) is 1.78. The zero-order valence-electron chi connectivity index (χ0n) is 11.5. The van der Waals surface area contributed by atoms with Crippen molar-refractivity contribution in [1.82, 2.24) is 0 Å². The molecule has 0 fully saturated rings. The molecule has 0 aromatic heterocycles. The van der Waals surface area contributed by atoms with Crippen molar-refractivity contribution in [3.8, 4) is 5.75 Å². The Kier molecular flexibility index (Phi) is 4.04. The summed E-state index contributed by atoms with van der Waals surface area (Å²) in [6, 6.07) is 5.66. The Hall–Kier alpha value is -2.04. The van der Waals surface area contributed by atoms with E-state index in [0.717, 1.165) is 23.4 Å².